The van der Waals surface area contributed by atoms with Gasteiger partial charge < -0.3 is 9.80 Å². The molecule has 0 N–H and O–H groups in total. The molecule has 6 aliphatic rings. The number of hydrogen-bond donors (Lipinski definition) is 0. The van der Waals surface area contributed by atoms with E-state index in [0.29, 0.717) is 5.56 Å². The molecule has 0 aromatic heterocycles. The van der Waals surface area contributed by atoms with E-state index in [0.717, 1.165) is 61.3 Å². The molecule has 366 valence electrons. The predicted octanol–water partition coefficient (Wildman–Crippen LogP) is 16.7. The van der Waals surface area contributed by atoms with Crippen molar-refractivity contribution in [2.75, 3.05) is 9.80 Å². The van der Waals surface area contributed by atoms with Crippen molar-refractivity contribution in [1.82, 2.24) is 0 Å². The number of nitrogens with zero attached hydrogens (tertiary/aromatic N) is 2. The van der Waals surface area contributed by atoms with Gasteiger partial charge in [-0.15, -0.1) is 0 Å². The third kappa shape index (κ3) is 6.51. The summed E-state index contributed by atoms with van der Waals surface area (Å²) >= 11 is 0. The van der Waals surface area contributed by atoms with E-state index in [1.807, 2.05) is 0 Å². The van der Waals surface area contributed by atoms with Gasteiger partial charge in [-0.1, -0.05) is 166 Å². The fraction of sp³-hybridized carbons (Fsp3) is 0.471. The van der Waals surface area contributed by atoms with Crippen LogP contribution in [0, 0.1) is 6.85 Å². The van der Waals surface area contributed by atoms with Crippen LogP contribution < -0.4 is 26.2 Å². The van der Waals surface area contributed by atoms with Crippen LogP contribution in [0.4, 0.5) is 34.1 Å². The Morgan fingerprint density at radius 1 is 0.451 bits per heavy atom. The Morgan fingerprint density at radius 2 is 0.915 bits per heavy atom. The minimum absolute atomic E-state index is 0.0249. The largest absolute Gasteiger partial charge is 0.311 e. The van der Waals surface area contributed by atoms with Gasteiger partial charge in [-0.2, -0.15) is 0 Å². The molecule has 0 unspecified atom stereocenters. The number of fused-ring (bicyclic) bond motifs is 10. The maximum absolute atomic E-state index is 9.39. The molecule has 4 aliphatic carbocycles. The van der Waals surface area contributed by atoms with E-state index in [-0.39, 0.29) is 50.0 Å². The molecule has 71 heavy (non-hydrogen) atoms. The number of benzene rings is 6. The summed E-state index contributed by atoms with van der Waals surface area (Å²) in [5.41, 5.74) is 25.3. The maximum atomic E-state index is 9.39. The van der Waals surface area contributed by atoms with E-state index in [9.17, 15) is 4.11 Å². The van der Waals surface area contributed by atoms with Crippen LogP contribution in [-0.2, 0) is 43.3 Å². The molecule has 2 aliphatic heterocycles. The van der Waals surface area contributed by atoms with Gasteiger partial charge in [-0.3, -0.25) is 0 Å². The number of anilines is 6. The van der Waals surface area contributed by atoms with Gasteiger partial charge in [0.1, 0.15) is 0 Å². The van der Waals surface area contributed by atoms with Crippen LogP contribution in [0.1, 0.15) is 216 Å². The van der Waals surface area contributed by atoms with E-state index in [1.54, 1.807) is 0 Å². The van der Waals surface area contributed by atoms with Gasteiger partial charge in [0.15, 0.2) is 0 Å². The van der Waals surface area contributed by atoms with Crippen molar-refractivity contribution in [2.45, 2.75) is 206 Å². The average Bonchev–Trinajstić information content (AvgIpc) is 3.55. The monoisotopic (exact) mass is 940 g/mol. The van der Waals surface area contributed by atoms with E-state index in [1.165, 1.54) is 89.0 Å². The zero-order valence-corrected chi connectivity index (χ0v) is 46.4. The Morgan fingerprint density at radius 3 is 1.44 bits per heavy atom. The summed E-state index contributed by atoms with van der Waals surface area (Å²) in [6, 6.07) is 35.8. The molecule has 6 aromatic carbocycles. The molecule has 0 amide bonds. The van der Waals surface area contributed by atoms with Gasteiger partial charge in [-0.05, 0) is 203 Å². The highest BCUT2D eigenvalue weighted by Gasteiger charge is 2.51. The molecule has 2 nitrogen and oxygen atoms in total. The lowest BCUT2D eigenvalue weighted by molar-refractivity contribution is 0.332. The lowest BCUT2D eigenvalue weighted by Crippen LogP contribution is -2.62. The van der Waals surface area contributed by atoms with Crippen LogP contribution >= 0.6 is 0 Å². The molecule has 3 heteroatoms. The fourth-order valence-corrected chi connectivity index (χ4v) is 15.1. The Balaban J connectivity index is 1.27. The topological polar surface area (TPSA) is 6.48 Å². The molecule has 0 saturated heterocycles. The van der Waals surface area contributed by atoms with Crippen molar-refractivity contribution in [3.8, 4) is 11.1 Å². The van der Waals surface area contributed by atoms with Crippen LogP contribution in [0.2, 0.25) is 0 Å². The number of rotatable bonds is 2. The van der Waals surface area contributed by atoms with Gasteiger partial charge in [0, 0.05) is 43.5 Å². The van der Waals surface area contributed by atoms with Gasteiger partial charge in [0.05, 0.1) is 5.69 Å². The third-order valence-corrected chi connectivity index (χ3v) is 19.8. The lowest BCUT2D eigenvalue weighted by atomic mass is 9.32. The number of aryl methyl sites for hydroxylation is 1. The first kappa shape index (κ1) is 43.6. The highest BCUT2D eigenvalue weighted by molar-refractivity contribution is 7.00. The molecular weight excluding hydrogens is 856 g/mol. The molecule has 0 radical (unpaired) electrons. The zero-order chi connectivity index (χ0) is 53.2. The molecular formula is C68H81BN2. The molecule has 12 rings (SSSR count). The minimum Gasteiger partial charge on any atom is -0.311 e. The van der Waals surface area contributed by atoms with Crippen LogP contribution in [0.25, 0.3) is 11.1 Å². The summed E-state index contributed by atoms with van der Waals surface area (Å²) in [6.45, 7) is 38.6. The SMILES string of the molecule is [2H]C([2H])([2H])c1cc2c3c(c1)N(c1ccc(C(C)(C)C)c4c1-c1ccccc1C4(C)C)c1cc4c(cc1B3c1cc3c(cc1N2c1ccc2c(c1)C(C)(C)CCC2(C)C)C(C)(C)CCC3(C)C)C(C)(C)CCC4(C)C. The van der Waals surface area contributed by atoms with Gasteiger partial charge in [-0.25, -0.2) is 0 Å². The minimum atomic E-state index is -2.38. The predicted molar refractivity (Wildman–Crippen MR) is 307 cm³/mol. The lowest BCUT2D eigenvalue weighted by Gasteiger charge is -2.49. The molecule has 2 heterocycles. The smallest absolute Gasteiger partial charge is 0.252 e. The summed E-state index contributed by atoms with van der Waals surface area (Å²) in [6.07, 6.45) is 6.69. The van der Waals surface area contributed by atoms with Crippen molar-refractivity contribution >= 4 is 57.2 Å². The number of hydrogen-bond acceptors (Lipinski definition) is 2. The van der Waals surface area contributed by atoms with Crippen molar-refractivity contribution in [3.63, 3.8) is 0 Å². The average molecular weight is 940 g/mol. The Bertz CT molecular complexity index is 3420. The molecule has 0 atom stereocenters. The zero-order valence-electron chi connectivity index (χ0n) is 49.4. The normalized spacial score (nSPS) is 22.3. The molecule has 0 bridgehead atoms. The third-order valence-electron chi connectivity index (χ3n) is 19.8. The van der Waals surface area contributed by atoms with Crippen molar-refractivity contribution < 1.29 is 4.11 Å². The quantitative estimate of drug-likeness (QED) is 0.159. The summed E-state index contributed by atoms with van der Waals surface area (Å²) in [5.74, 6) is 0. The molecule has 6 aromatic rings. The van der Waals surface area contributed by atoms with E-state index in [2.05, 4.69) is 218 Å². The van der Waals surface area contributed by atoms with Crippen molar-refractivity contribution in [3.05, 3.63) is 147 Å². The van der Waals surface area contributed by atoms with Crippen LogP contribution in [0.3, 0.4) is 0 Å². The highest BCUT2D eigenvalue weighted by Crippen LogP contribution is 2.59. The molecule has 0 saturated carbocycles. The maximum Gasteiger partial charge on any atom is 0.252 e. The van der Waals surface area contributed by atoms with Gasteiger partial charge >= 0.3 is 0 Å². The van der Waals surface area contributed by atoms with Gasteiger partial charge in [0.2, 0.25) is 0 Å². The van der Waals surface area contributed by atoms with Crippen LogP contribution in [0.5, 0.6) is 0 Å². The van der Waals surface area contributed by atoms with Crippen molar-refractivity contribution in [2.24, 2.45) is 0 Å². The standard InChI is InChI=1S/C68H81BN2/c1-40-33-56-60-57(34-40)71(53-26-25-45(61(2,3)4)59-58(53)42-21-19-20-22-43(42)68(59,17)18)55-39-50-48(65(11,12)30-32-67(50,15)16)37-52(55)69(60)51-36-47-49(66(13,14)31-29-64(47,9)10)38-54(51)70(56)41-23-24-44-46(35-41)63(7,8)28-27-62(44,5)6/h19-26,33-39H,27-32H2,1-18H3/i1D3. The second-order valence-corrected chi connectivity index (χ2v) is 28.8. The second-order valence-electron chi connectivity index (χ2n) is 28.8. The second kappa shape index (κ2) is 14.4. The first-order valence-corrected chi connectivity index (χ1v) is 27.3. The summed E-state index contributed by atoms with van der Waals surface area (Å²) in [7, 11) is 0. The van der Waals surface area contributed by atoms with Crippen LogP contribution in [-0.4, -0.2) is 6.71 Å². The summed E-state index contributed by atoms with van der Waals surface area (Å²) in [5, 5.41) is 0. The van der Waals surface area contributed by atoms with E-state index >= 15 is 0 Å². The first-order valence-electron chi connectivity index (χ1n) is 28.8. The van der Waals surface area contributed by atoms with E-state index < -0.39 is 6.85 Å². The Hall–Kier alpha value is -5.02. The first-order chi connectivity index (χ1) is 34.2. The highest BCUT2D eigenvalue weighted by atomic mass is 15.2. The fourth-order valence-electron chi connectivity index (χ4n) is 15.1. The van der Waals surface area contributed by atoms with Gasteiger partial charge in [0.25, 0.3) is 6.71 Å². The summed E-state index contributed by atoms with van der Waals surface area (Å²) in [4.78, 5) is 5.09. The van der Waals surface area contributed by atoms with Crippen LogP contribution in [0.15, 0.2) is 91.0 Å². The summed E-state index contributed by atoms with van der Waals surface area (Å²) < 4.78 is 28.2. The Kier molecular flexibility index (Phi) is 8.83. The van der Waals surface area contributed by atoms with Crippen molar-refractivity contribution in [1.29, 1.82) is 0 Å². The molecule has 0 spiro atoms. The molecule has 0 fully saturated rings. The van der Waals surface area contributed by atoms with E-state index in [4.69, 9.17) is 0 Å². The Labute approximate surface area is 433 Å².